The zero-order chi connectivity index (χ0) is 4.62. The fraction of sp³-hybridized carbons (Fsp3) is 1.00. The van der Waals surface area contributed by atoms with Gasteiger partial charge in [-0.3, -0.25) is 0 Å². The van der Waals surface area contributed by atoms with Gasteiger partial charge < -0.3 is 0 Å². The molecular formula is C4H14S5. The molecule has 0 saturated heterocycles. The van der Waals surface area contributed by atoms with E-state index in [1.165, 1.54) is 19.3 Å². The van der Waals surface area contributed by atoms with Crippen LogP contribution in [0.1, 0.15) is 19.3 Å². The zero-order valence-corrected chi connectivity index (χ0v) is 9.80. The number of hydrogen-bond acceptors (Lipinski definition) is 2. The molecule has 0 heterocycles. The van der Waals surface area contributed by atoms with Gasteiger partial charge in [0.25, 0.3) is 0 Å². The monoisotopic (exact) mass is 222 g/mol. The molecule has 0 aliphatic heterocycles. The summed E-state index contributed by atoms with van der Waals surface area (Å²) in [6.45, 7) is 0. The lowest BCUT2D eigenvalue weighted by Crippen LogP contribution is -2.22. The van der Waals surface area contributed by atoms with Gasteiger partial charge in [0.1, 0.15) is 0 Å². The second-order valence-corrected chi connectivity index (χ2v) is 3.90. The molecule has 0 nitrogen and oxygen atoms in total. The highest BCUT2D eigenvalue weighted by molar-refractivity contribution is 8.00. The molecule has 0 radical (unpaired) electrons. The number of rotatable bonds is 0. The van der Waals surface area contributed by atoms with E-state index in [1.54, 1.807) is 0 Å². The molecule has 9 heavy (non-hydrogen) atoms. The van der Waals surface area contributed by atoms with Crippen LogP contribution in [0.15, 0.2) is 0 Å². The molecular weight excluding hydrogens is 208 g/mol. The maximum Gasteiger partial charge on any atom is 0.0552 e. The average Bonchev–Trinajstić information content (AvgIpc) is 1.32. The van der Waals surface area contributed by atoms with Gasteiger partial charge in [0, 0.05) is 0 Å². The molecule has 1 saturated carbocycles. The van der Waals surface area contributed by atoms with E-state index in [1.807, 2.05) is 0 Å². The predicted octanol–water partition coefficient (Wildman–Crippen LogP) is 2.06. The summed E-state index contributed by atoms with van der Waals surface area (Å²) in [6, 6.07) is 0. The average molecular weight is 222 g/mol. The van der Waals surface area contributed by atoms with Gasteiger partial charge in [-0.2, -0.15) is 65.7 Å². The third-order valence-corrected chi connectivity index (χ3v) is 2.05. The molecule has 1 aliphatic carbocycles. The van der Waals surface area contributed by atoms with Crippen LogP contribution in [0.5, 0.6) is 0 Å². The molecule has 0 amide bonds. The fourth-order valence-electron chi connectivity index (χ4n) is 0.493. The Morgan fingerprint density at radius 2 is 1.11 bits per heavy atom. The van der Waals surface area contributed by atoms with Gasteiger partial charge in [-0.25, -0.2) is 0 Å². The van der Waals surface area contributed by atoms with Crippen LogP contribution < -0.4 is 0 Å². The molecule has 0 atom stereocenters. The van der Waals surface area contributed by atoms with Crippen LogP contribution in [-0.4, -0.2) is 4.08 Å². The van der Waals surface area contributed by atoms with Crippen molar-refractivity contribution >= 4 is 65.7 Å². The summed E-state index contributed by atoms with van der Waals surface area (Å²) in [5.74, 6) is 0. The molecule has 0 aromatic carbocycles. The van der Waals surface area contributed by atoms with Gasteiger partial charge in [0.05, 0.1) is 4.08 Å². The van der Waals surface area contributed by atoms with E-state index in [-0.39, 0.29) is 44.6 Å². The van der Waals surface area contributed by atoms with Crippen LogP contribution in [0, 0.1) is 0 Å². The fourth-order valence-corrected chi connectivity index (χ4v) is 1.13. The minimum Gasteiger partial charge on any atom is -0.197 e. The van der Waals surface area contributed by atoms with Gasteiger partial charge in [-0.15, -0.1) is 0 Å². The van der Waals surface area contributed by atoms with E-state index < -0.39 is 0 Å². The number of thiol groups is 2. The quantitative estimate of drug-likeness (QED) is 0.455. The van der Waals surface area contributed by atoms with Gasteiger partial charge in [0.15, 0.2) is 0 Å². The molecule has 1 aliphatic rings. The Hall–Kier alpha value is 1.75. The Balaban J connectivity index is -0.000000120. The molecule has 0 unspecified atom stereocenters. The Morgan fingerprint density at radius 3 is 1.11 bits per heavy atom. The summed E-state index contributed by atoms with van der Waals surface area (Å²) in [7, 11) is 0. The summed E-state index contributed by atoms with van der Waals surface area (Å²) in [5.41, 5.74) is 0. The first-order valence-corrected chi connectivity index (χ1v) is 3.05. The summed E-state index contributed by atoms with van der Waals surface area (Å²) in [6.07, 6.45) is 3.67. The minimum atomic E-state index is 0. The molecule has 0 spiro atoms. The van der Waals surface area contributed by atoms with Crippen LogP contribution in [0.2, 0.25) is 0 Å². The summed E-state index contributed by atoms with van der Waals surface area (Å²) in [4.78, 5) is 0. The van der Waals surface area contributed by atoms with Gasteiger partial charge in [-0.1, -0.05) is 0 Å². The lowest BCUT2D eigenvalue weighted by Gasteiger charge is -2.31. The lowest BCUT2D eigenvalue weighted by atomic mass is 9.99. The molecule has 1 fully saturated rings. The first-order chi connectivity index (χ1) is 2.71. The van der Waals surface area contributed by atoms with E-state index in [0.29, 0.717) is 0 Å². The Kier molecular flexibility index (Phi) is 12.2. The highest BCUT2D eigenvalue weighted by Gasteiger charge is 2.27. The van der Waals surface area contributed by atoms with Crippen LogP contribution in [0.25, 0.3) is 0 Å². The van der Waals surface area contributed by atoms with Crippen molar-refractivity contribution in [2.75, 3.05) is 0 Å². The maximum atomic E-state index is 4.21. The van der Waals surface area contributed by atoms with Crippen LogP contribution in [0.4, 0.5) is 0 Å². The van der Waals surface area contributed by atoms with Crippen molar-refractivity contribution < 1.29 is 0 Å². The van der Waals surface area contributed by atoms with E-state index in [9.17, 15) is 0 Å². The van der Waals surface area contributed by atoms with Gasteiger partial charge >= 0.3 is 0 Å². The first kappa shape index (κ1) is 17.0. The van der Waals surface area contributed by atoms with Crippen LogP contribution in [-0.2, 0) is 0 Å². The molecule has 60 valence electrons. The van der Waals surface area contributed by atoms with Gasteiger partial charge in [0.2, 0.25) is 0 Å². The van der Waals surface area contributed by atoms with Crippen molar-refractivity contribution in [1.82, 2.24) is 0 Å². The normalized spacial score (nSPS) is 19.3. The van der Waals surface area contributed by atoms with Crippen molar-refractivity contribution in [3.63, 3.8) is 0 Å². The molecule has 5 heteroatoms. The number of hydrogen-bond donors (Lipinski definition) is 2. The second kappa shape index (κ2) is 6.46. The Bertz CT molecular complexity index is 56.0. The second-order valence-electron chi connectivity index (χ2n) is 1.84. The van der Waals surface area contributed by atoms with Crippen molar-refractivity contribution in [2.45, 2.75) is 23.3 Å². The van der Waals surface area contributed by atoms with E-state index in [0.717, 1.165) is 0 Å². The van der Waals surface area contributed by atoms with Crippen LogP contribution >= 0.6 is 65.7 Å². The highest BCUT2D eigenvalue weighted by atomic mass is 32.2. The molecule has 0 N–H and O–H groups in total. The van der Waals surface area contributed by atoms with E-state index >= 15 is 0 Å². The first-order valence-electron chi connectivity index (χ1n) is 2.15. The van der Waals surface area contributed by atoms with Crippen LogP contribution in [0.3, 0.4) is 0 Å². The SMILES string of the molecule is S.S.S.SC1(S)CCC1. The van der Waals surface area contributed by atoms with Crippen molar-refractivity contribution in [2.24, 2.45) is 0 Å². The molecule has 0 aromatic rings. The van der Waals surface area contributed by atoms with Crippen molar-refractivity contribution in [1.29, 1.82) is 0 Å². The van der Waals surface area contributed by atoms with Crippen molar-refractivity contribution in [3.05, 3.63) is 0 Å². The highest BCUT2D eigenvalue weighted by Crippen LogP contribution is 2.40. The third kappa shape index (κ3) is 6.16. The lowest BCUT2D eigenvalue weighted by molar-refractivity contribution is 0.491. The Morgan fingerprint density at radius 1 is 0.889 bits per heavy atom. The summed E-state index contributed by atoms with van der Waals surface area (Å²) < 4.78 is 0.111. The minimum absolute atomic E-state index is 0. The molecule has 0 bridgehead atoms. The summed E-state index contributed by atoms with van der Waals surface area (Å²) >= 11 is 8.41. The van der Waals surface area contributed by atoms with E-state index in [4.69, 9.17) is 0 Å². The van der Waals surface area contributed by atoms with Gasteiger partial charge in [-0.05, 0) is 19.3 Å². The predicted molar refractivity (Wildman–Crippen MR) is 65.7 cm³/mol. The van der Waals surface area contributed by atoms with Crippen molar-refractivity contribution in [3.8, 4) is 0 Å². The smallest absolute Gasteiger partial charge is 0.0552 e. The molecule has 1 rings (SSSR count). The topological polar surface area (TPSA) is 0 Å². The largest absolute Gasteiger partial charge is 0.197 e. The zero-order valence-electron chi connectivity index (χ0n) is 5.02. The molecule has 0 aromatic heterocycles. The summed E-state index contributed by atoms with van der Waals surface area (Å²) in [5, 5.41) is 0. The third-order valence-electron chi connectivity index (χ3n) is 1.15. The maximum absolute atomic E-state index is 4.21. The van der Waals surface area contributed by atoms with E-state index in [2.05, 4.69) is 25.3 Å². The Labute approximate surface area is 88.7 Å². The standard InChI is InChI=1S/C4H8S2.3H2S/c5-4(6)2-1-3-4;;;/h5-6H,1-3H2;3*1H2.